The van der Waals surface area contributed by atoms with E-state index < -0.39 is 96.0 Å². The second-order valence-corrected chi connectivity index (χ2v) is 15.3. The van der Waals surface area contributed by atoms with E-state index in [0.717, 1.165) is 0 Å². The highest BCUT2D eigenvalue weighted by Crippen LogP contribution is 2.12. The molecular weight excluding hydrogens is 768 g/mol. The Kier molecular flexibility index (Phi) is 26.5. The fourth-order valence-corrected chi connectivity index (χ4v) is 5.69. The van der Waals surface area contributed by atoms with Gasteiger partial charge in [0.1, 0.15) is 30.2 Å². The largest absolute Gasteiger partial charge is 0.480 e. The Hall–Kier alpha value is -5.25. The van der Waals surface area contributed by atoms with Crippen molar-refractivity contribution in [1.82, 2.24) is 31.9 Å². The zero-order valence-corrected chi connectivity index (χ0v) is 35.6. The number of rotatable bonds is 30. The Bertz CT molecular complexity index is 1420. The molecule has 0 bridgehead atoms. The fourth-order valence-electron chi connectivity index (χ4n) is 5.69. The second-order valence-electron chi connectivity index (χ2n) is 15.3. The zero-order valence-electron chi connectivity index (χ0n) is 35.6. The number of guanidine groups is 2. The van der Waals surface area contributed by atoms with Gasteiger partial charge >= 0.3 is 5.97 Å². The summed E-state index contributed by atoms with van der Waals surface area (Å²) in [6.45, 7) is 10.7. The van der Waals surface area contributed by atoms with Crippen LogP contribution in [0, 0.1) is 17.8 Å². The van der Waals surface area contributed by atoms with Crippen LogP contribution in [0.25, 0.3) is 0 Å². The Labute approximate surface area is 347 Å². The third kappa shape index (κ3) is 23.1. The lowest BCUT2D eigenvalue weighted by Gasteiger charge is -2.28. The lowest BCUT2D eigenvalue weighted by atomic mass is 9.98. The van der Waals surface area contributed by atoms with E-state index in [-0.39, 0.29) is 63.0 Å². The predicted octanol–water partition coefficient (Wildman–Crippen LogP) is -3.08. The van der Waals surface area contributed by atoms with E-state index in [1.54, 1.807) is 27.7 Å². The minimum Gasteiger partial charge on any atom is -0.480 e. The average molecular weight is 841 g/mol. The van der Waals surface area contributed by atoms with E-state index in [9.17, 15) is 38.7 Å². The monoisotopic (exact) mass is 841 g/mol. The van der Waals surface area contributed by atoms with E-state index in [1.807, 2.05) is 13.8 Å². The molecule has 338 valence electrons. The lowest BCUT2D eigenvalue weighted by molar-refractivity contribution is -0.144. The third-order valence-corrected chi connectivity index (χ3v) is 9.27. The van der Waals surface area contributed by atoms with Crippen LogP contribution in [-0.4, -0.2) is 121 Å². The number of nitrogens with zero attached hydrogens (tertiary/aromatic N) is 2. The first-order valence-electron chi connectivity index (χ1n) is 20.2. The molecule has 0 aliphatic rings. The number of carbonyl (C=O) groups excluding carboxylic acids is 6. The summed E-state index contributed by atoms with van der Waals surface area (Å²) in [5, 5.41) is 25.4. The first-order valence-corrected chi connectivity index (χ1v) is 20.2. The quantitative estimate of drug-likeness (QED) is 0.0194. The van der Waals surface area contributed by atoms with E-state index in [2.05, 4.69) is 41.9 Å². The maximum absolute atomic E-state index is 13.8. The minimum absolute atomic E-state index is 0.0466. The van der Waals surface area contributed by atoms with E-state index in [4.69, 9.17) is 34.4 Å². The number of amides is 6. The molecule has 19 N–H and O–H groups in total. The summed E-state index contributed by atoms with van der Waals surface area (Å²) in [6, 6.07) is -6.68. The molecule has 0 unspecified atom stereocenters. The van der Waals surface area contributed by atoms with Crippen molar-refractivity contribution >= 4 is 53.3 Å². The number of carboxylic acid groups (broad SMARTS) is 1. The summed E-state index contributed by atoms with van der Waals surface area (Å²) >= 11 is 0. The molecule has 0 radical (unpaired) electrons. The average Bonchev–Trinajstić information content (AvgIpc) is 3.15. The summed E-state index contributed by atoms with van der Waals surface area (Å²) in [7, 11) is 0. The van der Waals surface area contributed by atoms with Crippen molar-refractivity contribution in [2.75, 3.05) is 26.2 Å². The Morgan fingerprint density at radius 1 is 0.610 bits per heavy atom. The molecule has 59 heavy (non-hydrogen) atoms. The number of carboxylic acids is 1. The summed E-state index contributed by atoms with van der Waals surface area (Å²) < 4.78 is 0. The van der Waals surface area contributed by atoms with Crippen molar-refractivity contribution in [2.45, 2.75) is 136 Å². The van der Waals surface area contributed by atoms with Crippen LogP contribution in [0.4, 0.5) is 0 Å². The van der Waals surface area contributed by atoms with Crippen LogP contribution in [0.1, 0.15) is 99.3 Å². The number of nitrogens with two attached hydrogens (primary N) is 6. The van der Waals surface area contributed by atoms with Crippen LogP contribution < -0.4 is 66.3 Å². The van der Waals surface area contributed by atoms with Crippen LogP contribution in [0.15, 0.2) is 9.98 Å². The van der Waals surface area contributed by atoms with Gasteiger partial charge in [0.25, 0.3) is 0 Å². The number of hydrogen-bond acceptors (Lipinski definition) is 11. The molecular formula is C37H72N14O8. The maximum Gasteiger partial charge on any atom is 0.326 e. The molecule has 0 aromatic rings. The third-order valence-electron chi connectivity index (χ3n) is 9.27. The molecule has 6 amide bonds. The normalized spacial score (nSPS) is 14.6. The number of aliphatic carboxylic acids is 1. The molecule has 0 fully saturated rings. The highest BCUT2D eigenvalue weighted by atomic mass is 16.4. The number of nitrogens with one attached hydrogen (secondary N) is 6. The SMILES string of the molecule is CC[C@H](C)[C@H](NC(=O)[C@H](CCCN=C(N)N)NC(=O)[C@H](CC(C)C)NC(=O)[C@@H](NC(=O)CNC(=O)[C@H](CCCCN)NC(=O)[C@@H](N)CCCN=C(N)N)C(C)C)C(=O)O. The number of aliphatic imine (C=N–C) groups is 2. The van der Waals surface area contributed by atoms with Crippen LogP contribution >= 0.6 is 0 Å². The van der Waals surface area contributed by atoms with E-state index in [1.165, 1.54) is 0 Å². The molecule has 0 aliphatic heterocycles. The molecule has 0 saturated carbocycles. The number of hydrogen-bond donors (Lipinski definition) is 13. The lowest BCUT2D eigenvalue weighted by Crippen LogP contribution is -2.59. The van der Waals surface area contributed by atoms with Crippen molar-refractivity contribution < 1.29 is 38.7 Å². The van der Waals surface area contributed by atoms with Gasteiger partial charge in [-0.25, -0.2) is 4.79 Å². The Balaban J connectivity index is 5.90. The first-order chi connectivity index (χ1) is 27.6. The van der Waals surface area contributed by atoms with Crippen molar-refractivity contribution in [2.24, 2.45) is 62.1 Å². The van der Waals surface area contributed by atoms with Gasteiger partial charge in [0.05, 0.1) is 12.6 Å². The van der Waals surface area contributed by atoms with Gasteiger partial charge in [0, 0.05) is 13.1 Å². The molecule has 0 rings (SSSR count). The van der Waals surface area contributed by atoms with Gasteiger partial charge in [-0.2, -0.15) is 0 Å². The van der Waals surface area contributed by atoms with E-state index >= 15 is 0 Å². The first kappa shape index (κ1) is 53.8. The van der Waals surface area contributed by atoms with Crippen LogP contribution in [0.5, 0.6) is 0 Å². The van der Waals surface area contributed by atoms with Gasteiger partial charge in [0.15, 0.2) is 11.9 Å². The molecule has 0 heterocycles. The van der Waals surface area contributed by atoms with Crippen molar-refractivity contribution in [3.8, 4) is 0 Å². The maximum atomic E-state index is 13.8. The summed E-state index contributed by atoms with van der Waals surface area (Å²) in [5.74, 6) is -6.54. The van der Waals surface area contributed by atoms with Gasteiger partial charge < -0.3 is 71.4 Å². The van der Waals surface area contributed by atoms with Crippen molar-refractivity contribution in [3.63, 3.8) is 0 Å². The standard InChI is InChI=1S/C37H72N14O8/c1-7-22(6)29(35(58)59)51-32(55)25(14-11-17-45-37(42)43)48-33(56)26(18-20(2)3)49-34(57)28(21(4)5)50-27(52)19-46-31(54)24(13-8-9-15-38)47-30(53)23(39)12-10-16-44-36(40)41/h20-26,28-29H,7-19,38-39H2,1-6H3,(H,46,54)(H,47,53)(H,48,56)(H,49,57)(H,50,52)(H,51,55)(H,58,59)(H4,40,41,44)(H4,42,43,45)/t22-,23-,24-,25-,26-,28-,29-/m0/s1. The van der Waals surface area contributed by atoms with Gasteiger partial charge in [-0.1, -0.05) is 48.0 Å². The fraction of sp³-hybridized carbons (Fsp3) is 0.757. The number of unbranched alkanes of at least 4 members (excludes halogenated alkanes) is 1. The summed E-state index contributed by atoms with van der Waals surface area (Å²) in [5.41, 5.74) is 33.1. The smallest absolute Gasteiger partial charge is 0.326 e. The van der Waals surface area contributed by atoms with Gasteiger partial charge in [-0.3, -0.25) is 38.8 Å². The molecule has 0 aromatic carbocycles. The molecule has 22 nitrogen and oxygen atoms in total. The van der Waals surface area contributed by atoms with Crippen molar-refractivity contribution in [3.05, 3.63) is 0 Å². The molecule has 22 heteroatoms. The zero-order chi connectivity index (χ0) is 45.2. The van der Waals surface area contributed by atoms with Crippen LogP contribution in [0.3, 0.4) is 0 Å². The summed E-state index contributed by atoms with van der Waals surface area (Å²) in [6.07, 6.45) is 2.92. The molecule has 0 spiro atoms. The predicted molar refractivity (Wildman–Crippen MR) is 225 cm³/mol. The molecule has 0 aliphatic carbocycles. The second kappa shape index (κ2) is 29.0. The van der Waals surface area contributed by atoms with Gasteiger partial charge in [-0.15, -0.1) is 0 Å². The van der Waals surface area contributed by atoms with Gasteiger partial charge in [-0.05, 0) is 75.7 Å². The van der Waals surface area contributed by atoms with Crippen LogP contribution in [0.2, 0.25) is 0 Å². The highest BCUT2D eigenvalue weighted by Gasteiger charge is 2.34. The highest BCUT2D eigenvalue weighted by molar-refractivity contribution is 5.96. The molecule has 0 saturated heterocycles. The topological polar surface area (TPSA) is 393 Å². The Morgan fingerprint density at radius 3 is 1.63 bits per heavy atom. The molecule has 0 aromatic heterocycles. The van der Waals surface area contributed by atoms with Gasteiger partial charge in [0.2, 0.25) is 35.4 Å². The minimum atomic E-state index is -1.23. The summed E-state index contributed by atoms with van der Waals surface area (Å²) in [4.78, 5) is 99.6. The van der Waals surface area contributed by atoms with E-state index in [0.29, 0.717) is 32.2 Å². The Morgan fingerprint density at radius 2 is 1.12 bits per heavy atom. The van der Waals surface area contributed by atoms with Crippen LogP contribution in [-0.2, 0) is 33.6 Å². The number of carbonyl (C=O) groups is 7. The van der Waals surface area contributed by atoms with Crippen molar-refractivity contribution in [1.29, 1.82) is 0 Å². The molecule has 7 atom stereocenters.